The molecule has 3 aromatic rings. The summed E-state index contributed by atoms with van der Waals surface area (Å²) in [5.41, 5.74) is 2.38. The van der Waals surface area contributed by atoms with Crippen LogP contribution in [0.3, 0.4) is 0 Å². The molecule has 1 aliphatic rings. The van der Waals surface area contributed by atoms with E-state index in [1.165, 1.54) is 6.08 Å². The molecule has 0 saturated carbocycles. The first-order valence-corrected chi connectivity index (χ1v) is 10.8. The van der Waals surface area contributed by atoms with Crippen molar-refractivity contribution in [1.82, 2.24) is 0 Å². The van der Waals surface area contributed by atoms with Crippen LogP contribution >= 0.6 is 0 Å². The largest absolute Gasteiger partial charge is 0.493 e. The van der Waals surface area contributed by atoms with Gasteiger partial charge in [-0.3, -0.25) is 0 Å². The fraction of sp³-hybridized carbons (Fsp3) is 0.214. The van der Waals surface area contributed by atoms with Gasteiger partial charge in [0.25, 0.3) is 0 Å². The van der Waals surface area contributed by atoms with Crippen LogP contribution in [0.2, 0.25) is 0 Å². The molecular weight excluding hydrogens is 425 g/mol. The second kappa shape index (κ2) is 10.1. The maximum absolute atomic E-state index is 14.9. The molecule has 4 rings (SSSR count). The van der Waals surface area contributed by atoms with Crippen molar-refractivity contribution >= 4 is 6.08 Å². The zero-order valence-electron chi connectivity index (χ0n) is 18.4. The van der Waals surface area contributed by atoms with Crippen LogP contribution in [0, 0.1) is 17.6 Å². The molecule has 2 unspecified atom stereocenters. The van der Waals surface area contributed by atoms with E-state index in [4.69, 9.17) is 9.47 Å². The molecule has 0 amide bonds. The molecule has 2 nitrogen and oxygen atoms in total. The van der Waals surface area contributed by atoms with E-state index in [1.54, 1.807) is 73.8 Å². The smallest absolute Gasteiger partial charge is 0.167 e. The van der Waals surface area contributed by atoms with E-state index < -0.39 is 11.6 Å². The molecule has 2 atom stereocenters. The molecule has 33 heavy (non-hydrogen) atoms. The van der Waals surface area contributed by atoms with Gasteiger partial charge in [-0.1, -0.05) is 61.2 Å². The fourth-order valence-corrected chi connectivity index (χ4v) is 3.97. The summed E-state index contributed by atoms with van der Waals surface area (Å²) in [5.74, 6) is -1.79. The average molecular weight is 451 g/mol. The normalized spacial score (nSPS) is 18.0. The van der Waals surface area contributed by atoms with Gasteiger partial charge in [0.15, 0.2) is 11.6 Å². The summed E-state index contributed by atoms with van der Waals surface area (Å²) in [6, 6.07) is 16.9. The fourth-order valence-electron chi connectivity index (χ4n) is 3.97. The molecule has 0 fully saturated rings. The molecule has 0 heterocycles. The summed E-state index contributed by atoms with van der Waals surface area (Å²) < 4.78 is 54.8. The number of ether oxygens (including phenoxy) is 2. The van der Waals surface area contributed by atoms with Crippen molar-refractivity contribution in [3.05, 3.63) is 96.3 Å². The van der Waals surface area contributed by atoms with Crippen LogP contribution in [0.5, 0.6) is 5.75 Å². The molecule has 0 radical (unpaired) electrons. The first kappa shape index (κ1) is 22.9. The first-order chi connectivity index (χ1) is 16.0. The molecule has 3 aromatic carbocycles. The zero-order valence-corrected chi connectivity index (χ0v) is 18.4. The lowest BCUT2D eigenvalue weighted by atomic mass is 9.93. The number of methoxy groups -OCH3 is 1. The Balaban J connectivity index is 1.47. The van der Waals surface area contributed by atoms with E-state index in [9.17, 15) is 13.2 Å². The Morgan fingerprint density at radius 2 is 1.42 bits per heavy atom. The van der Waals surface area contributed by atoms with E-state index in [1.807, 2.05) is 0 Å². The van der Waals surface area contributed by atoms with Crippen molar-refractivity contribution in [3.63, 3.8) is 0 Å². The van der Waals surface area contributed by atoms with E-state index in [2.05, 4.69) is 6.58 Å². The van der Waals surface area contributed by atoms with E-state index in [0.29, 0.717) is 23.3 Å². The molecule has 0 aliphatic heterocycles. The third kappa shape index (κ3) is 5.04. The van der Waals surface area contributed by atoms with Crippen LogP contribution < -0.4 is 4.74 Å². The van der Waals surface area contributed by atoms with Gasteiger partial charge in [0.1, 0.15) is 11.6 Å². The Bertz CT molecular complexity index is 1150. The van der Waals surface area contributed by atoms with Crippen molar-refractivity contribution in [2.24, 2.45) is 5.92 Å². The zero-order chi connectivity index (χ0) is 23.4. The second-order valence-corrected chi connectivity index (χ2v) is 8.05. The van der Waals surface area contributed by atoms with Crippen LogP contribution in [0.1, 0.15) is 18.4 Å². The van der Waals surface area contributed by atoms with E-state index in [-0.39, 0.29) is 35.6 Å². The molecule has 0 spiro atoms. The van der Waals surface area contributed by atoms with Gasteiger partial charge in [0, 0.05) is 24.2 Å². The number of benzene rings is 3. The predicted molar refractivity (Wildman–Crippen MR) is 126 cm³/mol. The minimum atomic E-state index is -0.906. The number of hydrogen-bond acceptors (Lipinski definition) is 2. The molecule has 0 N–H and O–H groups in total. The van der Waals surface area contributed by atoms with Gasteiger partial charge >= 0.3 is 0 Å². The van der Waals surface area contributed by atoms with Gasteiger partial charge in [-0.15, -0.1) is 0 Å². The van der Waals surface area contributed by atoms with Crippen molar-refractivity contribution in [2.75, 3.05) is 13.7 Å². The highest BCUT2D eigenvalue weighted by Crippen LogP contribution is 2.33. The van der Waals surface area contributed by atoms with Gasteiger partial charge in [0.05, 0.1) is 12.7 Å². The monoisotopic (exact) mass is 450 g/mol. The molecular formula is C28H25F3O2. The minimum Gasteiger partial charge on any atom is -0.493 e. The minimum absolute atomic E-state index is 0.164. The summed E-state index contributed by atoms with van der Waals surface area (Å²) in [4.78, 5) is 0. The van der Waals surface area contributed by atoms with Gasteiger partial charge in [-0.05, 0) is 47.7 Å². The van der Waals surface area contributed by atoms with Crippen LogP contribution in [0.15, 0.2) is 79.1 Å². The summed E-state index contributed by atoms with van der Waals surface area (Å²) in [6.45, 7) is 3.90. The Kier molecular flexibility index (Phi) is 6.99. The lowest BCUT2D eigenvalue weighted by Crippen LogP contribution is -2.22. The summed E-state index contributed by atoms with van der Waals surface area (Å²) >= 11 is 0. The Labute approximate surface area is 192 Å². The molecule has 5 heteroatoms. The van der Waals surface area contributed by atoms with Gasteiger partial charge in [0.2, 0.25) is 0 Å². The van der Waals surface area contributed by atoms with Crippen molar-refractivity contribution < 1.29 is 22.6 Å². The van der Waals surface area contributed by atoms with Crippen molar-refractivity contribution in [1.29, 1.82) is 0 Å². The van der Waals surface area contributed by atoms with Crippen molar-refractivity contribution in [3.8, 4) is 28.0 Å². The first-order valence-electron chi connectivity index (χ1n) is 10.8. The lowest BCUT2D eigenvalue weighted by molar-refractivity contribution is 0.107. The summed E-state index contributed by atoms with van der Waals surface area (Å²) in [5, 5.41) is 0. The highest BCUT2D eigenvalue weighted by atomic mass is 19.2. The highest BCUT2D eigenvalue weighted by molar-refractivity contribution is 5.72. The quantitative estimate of drug-likeness (QED) is 0.369. The summed E-state index contributed by atoms with van der Waals surface area (Å²) in [7, 11) is 1.56. The van der Waals surface area contributed by atoms with Gasteiger partial charge in [-0.2, -0.15) is 0 Å². The number of hydrogen-bond donors (Lipinski definition) is 0. The lowest BCUT2D eigenvalue weighted by Gasteiger charge is -2.24. The van der Waals surface area contributed by atoms with Gasteiger partial charge < -0.3 is 9.47 Å². The number of rotatable bonds is 7. The maximum atomic E-state index is 14.9. The standard InChI is InChI=1S/C28H25F3O2/c1-3-18-4-6-19(7-5-18)24-14-15-25(28(31)27(24)30)20-8-11-22(12-9-20)33-17-21-10-13-23(32-2)16-26(21)29/h3-9,11-12,14-16,21,23H,1,10,13,17H2,2H3. The average Bonchev–Trinajstić information content (AvgIpc) is 2.85. The number of halogens is 3. The van der Waals surface area contributed by atoms with Crippen LogP contribution in [-0.2, 0) is 4.74 Å². The third-order valence-electron chi connectivity index (χ3n) is 5.99. The highest BCUT2D eigenvalue weighted by Gasteiger charge is 2.24. The topological polar surface area (TPSA) is 18.5 Å². The van der Waals surface area contributed by atoms with E-state index >= 15 is 0 Å². The Morgan fingerprint density at radius 1 is 0.848 bits per heavy atom. The van der Waals surface area contributed by atoms with Crippen LogP contribution in [0.25, 0.3) is 28.3 Å². The molecule has 0 aromatic heterocycles. The van der Waals surface area contributed by atoms with Gasteiger partial charge in [-0.25, -0.2) is 13.2 Å². The summed E-state index contributed by atoms with van der Waals surface area (Å²) in [6.07, 6.45) is 4.39. The molecule has 1 aliphatic carbocycles. The SMILES string of the molecule is C=Cc1ccc(-c2ccc(-c3ccc(OCC4CCC(OC)C=C4F)cc3)c(F)c2F)cc1. The van der Waals surface area contributed by atoms with E-state index in [0.717, 1.165) is 12.0 Å². The molecule has 170 valence electrons. The van der Waals surface area contributed by atoms with Crippen LogP contribution in [-0.4, -0.2) is 19.8 Å². The second-order valence-electron chi connectivity index (χ2n) is 8.05. The maximum Gasteiger partial charge on any atom is 0.167 e. The Hall–Kier alpha value is -3.31. The predicted octanol–water partition coefficient (Wildman–Crippen LogP) is 7.60. The van der Waals surface area contributed by atoms with Crippen molar-refractivity contribution in [2.45, 2.75) is 18.9 Å². The molecule has 0 bridgehead atoms. The Morgan fingerprint density at radius 3 is 1.94 bits per heavy atom. The molecule has 0 saturated heterocycles. The third-order valence-corrected chi connectivity index (χ3v) is 5.99. The van der Waals surface area contributed by atoms with Crippen LogP contribution in [0.4, 0.5) is 13.2 Å².